The number of halogens is 3. The first-order chi connectivity index (χ1) is 9.02. The fourth-order valence-electron chi connectivity index (χ4n) is 1.78. The van der Waals surface area contributed by atoms with Crippen LogP contribution in [0, 0.1) is 11.6 Å². The van der Waals surface area contributed by atoms with Crippen molar-refractivity contribution in [3.8, 4) is 5.75 Å². The number of hydrogen-bond donors (Lipinski definition) is 1. The Morgan fingerprint density at radius 3 is 2.32 bits per heavy atom. The summed E-state index contributed by atoms with van der Waals surface area (Å²) in [6.45, 7) is 0. The van der Waals surface area contributed by atoms with Gasteiger partial charge in [-0.1, -0.05) is 23.7 Å². The maximum atomic E-state index is 13.8. The Kier molecular flexibility index (Phi) is 4.02. The molecule has 0 saturated carbocycles. The van der Waals surface area contributed by atoms with Crippen molar-refractivity contribution in [2.75, 3.05) is 7.11 Å². The molecular weight excluding hydrogens is 274 g/mol. The lowest BCUT2D eigenvalue weighted by molar-refractivity contribution is 0.208. The summed E-state index contributed by atoms with van der Waals surface area (Å²) in [5, 5.41) is 10.4. The molecule has 0 aliphatic carbocycles. The van der Waals surface area contributed by atoms with E-state index in [9.17, 15) is 13.9 Å². The summed E-state index contributed by atoms with van der Waals surface area (Å²) in [5.74, 6) is -1.69. The number of benzene rings is 2. The van der Waals surface area contributed by atoms with E-state index in [1.165, 1.54) is 13.2 Å². The van der Waals surface area contributed by atoms with Crippen LogP contribution in [-0.4, -0.2) is 12.2 Å². The summed E-state index contributed by atoms with van der Waals surface area (Å²) >= 11 is 5.79. The van der Waals surface area contributed by atoms with Gasteiger partial charge in [0.2, 0.25) is 0 Å². The lowest BCUT2D eigenvalue weighted by Gasteiger charge is -2.14. The average molecular weight is 285 g/mol. The van der Waals surface area contributed by atoms with E-state index in [0.29, 0.717) is 10.6 Å². The predicted octanol–water partition coefficient (Wildman–Crippen LogP) is 3.71. The first kappa shape index (κ1) is 13.8. The standard InChI is InChI=1S/C14H11ClF2O2/c1-19-10-6-11(16)13(12(17)7-10)14(18)8-3-2-4-9(15)5-8/h2-7,14,18H,1H3. The molecule has 19 heavy (non-hydrogen) atoms. The van der Waals surface area contributed by atoms with Crippen LogP contribution in [0.25, 0.3) is 0 Å². The molecule has 1 unspecified atom stereocenters. The monoisotopic (exact) mass is 284 g/mol. The molecule has 0 aliphatic rings. The van der Waals surface area contributed by atoms with Crippen LogP contribution in [0.5, 0.6) is 5.75 Å². The van der Waals surface area contributed by atoms with Gasteiger partial charge in [-0.2, -0.15) is 0 Å². The molecule has 1 atom stereocenters. The van der Waals surface area contributed by atoms with Gasteiger partial charge in [0.05, 0.1) is 12.7 Å². The van der Waals surface area contributed by atoms with Crippen molar-refractivity contribution in [3.63, 3.8) is 0 Å². The Balaban J connectivity index is 2.47. The van der Waals surface area contributed by atoms with E-state index >= 15 is 0 Å². The summed E-state index contributed by atoms with van der Waals surface area (Å²) in [7, 11) is 1.31. The van der Waals surface area contributed by atoms with Crippen molar-refractivity contribution in [2.24, 2.45) is 0 Å². The number of methoxy groups -OCH3 is 1. The highest BCUT2D eigenvalue weighted by Crippen LogP contribution is 2.30. The van der Waals surface area contributed by atoms with Gasteiger partial charge in [-0.3, -0.25) is 0 Å². The Bertz CT molecular complexity index is 579. The van der Waals surface area contributed by atoms with E-state index in [4.69, 9.17) is 16.3 Å². The van der Waals surface area contributed by atoms with Gasteiger partial charge in [0.25, 0.3) is 0 Å². The Hall–Kier alpha value is -1.65. The summed E-state index contributed by atoms with van der Waals surface area (Å²) in [5.41, 5.74) is -0.112. The minimum Gasteiger partial charge on any atom is -0.497 e. The lowest BCUT2D eigenvalue weighted by atomic mass is 10.0. The fourth-order valence-corrected chi connectivity index (χ4v) is 1.98. The number of aliphatic hydroxyl groups is 1. The Labute approximate surface area is 114 Å². The van der Waals surface area contributed by atoms with Crippen LogP contribution in [0.1, 0.15) is 17.2 Å². The van der Waals surface area contributed by atoms with Gasteiger partial charge >= 0.3 is 0 Å². The highest BCUT2D eigenvalue weighted by Gasteiger charge is 2.21. The maximum Gasteiger partial charge on any atom is 0.135 e. The highest BCUT2D eigenvalue weighted by molar-refractivity contribution is 6.30. The summed E-state index contributed by atoms with van der Waals surface area (Å²) in [6, 6.07) is 8.24. The van der Waals surface area contributed by atoms with Crippen LogP contribution in [0.3, 0.4) is 0 Å². The van der Waals surface area contributed by atoms with E-state index in [1.54, 1.807) is 18.2 Å². The van der Waals surface area contributed by atoms with E-state index in [0.717, 1.165) is 12.1 Å². The molecular formula is C14H11ClF2O2. The number of hydrogen-bond acceptors (Lipinski definition) is 2. The topological polar surface area (TPSA) is 29.5 Å². The molecule has 2 aromatic rings. The summed E-state index contributed by atoms with van der Waals surface area (Å²) < 4.78 is 32.4. The van der Waals surface area contributed by atoms with Crippen molar-refractivity contribution >= 4 is 11.6 Å². The molecule has 0 bridgehead atoms. The van der Waals surface area contributed by atoms with Crippen molar-refractivity contribution in [1.29, 1.82) is 0 Å². The molecule has 0 saturated heterocycles. The zero-order valence-electron chi connectivity index (χ0n) is 10.0. The number of rotatable bonds is 3. The second kappa shape index (κ2) is 5.55. The predicted molar refractivity (Wildman–Crippen MR) is 68.4 cm³/mol. The molecule has 5 heteroatoms. The van der Waals surface area contributed by atoms with Crippen LogP contribution in [0.15, 0.2) is 36.4 Å². The van der Waals surface area contributed by atoms with Crippen LogP contribution in [0.4, 0.5) is 8.78 Å². The summed E-state index contributed by atoms with van der Waals surface area (Å²) in [4.78, 5) is 0. The van der Waals surface area contributed by atoms with Gasteiger partial charge in [0, 0.05) is 17.2 Å². The molecule has 2 rings (SSSR count). The third-order valence-corrected chi connectivity index (χ3v) is 2.96. The van der Waals surface area contributed by atoms with Crippen LogP contribution < -0.4 is 4.74 Å². The second-order valence-corrected chi connectivity index (χ2v) is 4.40. The molecule has 0 aromatic heterocycles. The zero-order valence-corrected chi connectivity index (χ0v) is 10.8. The average Bonchev–Trinajstić information content (AvgIpc) is 2.37. The maximum absolute atomic E-state index is 13.8. The summed E-state index contributed by atoms with van der Waals surface area (Å²) in [6.07, 6.45) is -1.43. The Morgan fingerprint density at radius 2 is 1.79 bits per heavy atom. The smallest absolute Gasteiger partial charge is 0.135 e. The van der Waals surface area contributed by atoms with Crippen molar-refractivity contribution < 1.29 is 18.6 Å². The van der Waals surface area contributed by atoms with Gasteiger partial charge in [0.15, 0.2) is 0 Å². The van der Waals surface area contributed by atoms with Gasteiger partial charge in [-0.05, 0) is 17.7 Å². The zero-order chi connectivity index (χ0) is 14.0. The molecule has 0 heterocycles. The molecule has 1 N–H and O–H groups in total. The Morgan fingerprint density at radius 1 is 1.16 bits per heavy atom. The highest BCUT2D eigenvalue weighted by atomic mass is 35.5. The van der Waals surface area contributed by atoms with Gasteiger partial charge in [-0.15, -0.1) is 0 Å². The fraction of sp³-hybridized carbons (Fsp3) is 0.143. The SMILES string of the molecule is COc1cc(F)c(C(O)c2cccc(Cl)c2)c(F)c1. The van der Waals surface area contributed by atoms with E-state index in [2.05, 4.69) is 0 Å². The van der Waals surface area contributed by atoms with Crippen LogP contribution in [-0.2, 0) is 0 Å². The lowest BCUT2D eigenvalue weighted by Crippen LogP contribution is -2.06. The first-order valence-corrected chi connectivity index (χ1v) is 5.87. The van der Waals surface area contributed by atoms with Gasteiger partial charge in [-0.25, -0.2) is 8.78 Å². The van der Waals surface area contributed by atoms with E-state index in [-0.39, 0.29) is 5.75 Å². The van der Waals surface area contributed by atoms with Gasteiger partial charge < -0.3 is 9.84 Å². The quantitative estimate of drug-likeness (QED) is 0.931. The molecule has 0 spiro atoms. The normalized spacial score (nSPS) is 12.3. The minimum absolute atomic E-state index is 0.0528. The molecule has 2 aromatic carbocycles. The molecule has 0 radical (unpaired) electrons. The minimum atomic E-state index is -1.43. The third kappa shape index (κ3) is 2.85. The largest absolute Gasteiger partial charge is 0.497 e. The molecule has 0 amide bonds. The molecule has 0 aliphatic heterocycles. The second-order valence-electron chi connectivity index (χ2n) is 3.96. The van der Waals surface area contributed by atoms with Crippen molar-refractivity contribution in [1.82, 2.24) is 0 Å². The van der Waals surface area contributed by atoms with Crippen LogP contribution >= 0.6 is 11.6 Å². The third-order valence-electron chi connectivity index (χ3n) is 2.73. The van der Waals surface area contributed by atoms with E-state index in [1.807, 2.05) is 0 Å². The van der Waals surface area contributed by atoms with Crippen molar-refractivity contribution in [3.05, 3.63) is 64.2 Å². The van der Waals surface area contributed by atoms with Crippen LogP contribution in [0.2, 0.25) is 5.02 Å². The molecule has 100 valence electrons. The first-order valence-electron chi connectivity index (χ1n) is 5.49. The number of ether oxygens (including phenoxy) is 1. The molecule has 2 nitrogen and oxygen atoms in total. The number of aliphatic hydroxyl groups excluding tert-OH is 1. The van der Waals surface area contributed by atoms with Gasteiger partial charge in [0.1, 0.15) is 23.5 Å². The van der Waals surface area contributed by atoms with Crippen molar-refractivity contribution in [2.45, 2.75) is 6.10 Å². The molecule has 0 fully saturated rings. The van der Waals surface area contributed by atoms with E-state index < -0.39 is 23.3 Å².